The fraction of sp³-hybridized carbons (Fsp3) is 0.889. The zero-order valence-electron chi connectivity index (χ0n) is 17.7. The third-order valence-electron chi connectivity index (χ3n) is 4.38. The number of nitrogens with zero attached hydrogens (tertiary/aromatic N) is 4. The third kappa shape index (κ3) is 7.08. The second-order valence-corrected chi connectivity index (χ2v) is 6.63. The van der Waals surface area contributed by atoms with Gasteiger partial charge in [0, 0.05) is 0 Å². The first-order valence-corrected chi connectivity index (χ1v) is 9.83. The van der Waals surface area contributed by atoms with Crippen molar-refractivity contribution in [3.05, 3.63) is 0 Å². The van der Waals surface area contributed by atoms with Crippen LogP contribution in [-0.4, -0.2) is 79.0 Å². The van der Waals surface area contributed by atoms with E-state index in [1.165, 1.54) is 13.8 Å². The number of aliphatic hydroxyl groups excluding tert-OH is 4. The summed E-state index contributed by atoms with van der Waals surface area (Å²) in [5, 5.41) is 47.7. The Labute approximate surface area is 166 Å². The average molecular weight is 405 g/mol. The van der Waals surface area contributed by atoms with Gasteiger partial charge in [-0.2, -0.15) is 10.2 Å². The van der Waals surface area contributed by atoms with Crippen molar-refractivity contribution in [2.75, 3.05) is 0 Å². The Balaban J connectivity index is 5.31. The van der Waals surface area contributed by atoms with E-state index < -0.39 is 48.8 Å². The highest BCUT2D eigenvalue weighted by Gasteiger charge is 2.32. The highest BCUT2D eigenvalue weighted by Crippen LogP contribution is 2.15. The second kappa shape index (κ2) is 12.8. The molecule has 6 unspecified atom stereocenters. The predicted molar refractivity (Wildman–Crippen MR) is 103 cm³/mol. The van der Waals surface area contributed by atoms with Crippen molar-refractivity contribution in [2.24, 2.45) is 10.2 Å². The van der Waals surface area contributed by atoms with Gasteiger partial charge >= 0.3 is 0 Å². The molecule has 10 heteroatoms. The van der Waals surface area contributed by atoms with Gasteiger partial charge in [0.25, 0.3) is 11.8 Å². The van der Waals surface area contributed by atoms with Gasteiger partial charge < -0.3 is 20.4 Å². The lowest BCUT2D eigenvalue weighted by Crippen LogP contribution is -2.50. The second-order valence-electron chi connectivity index (χ2n) is 6.63. The van der Waals surface area contributed by atoms with Crippen LogP contribution in [0, 0.1) is 0 Å². The molecule has 0 rings (SSSR count). The van der Waals surface area contributed by atoms with Crippen molar-refractivity contribution >= 4 is 11.8 Å². The number of rotatable bonds is 12. The summed E-state index contributed by atoms with van der Waals surface area (Å²) in [5.41, 5.74) is 0. The lowest BCUT2D eigenvalue weighted by atomic mass is 10.2. The van der Waals surface area contributed by atoms with Crippen LogP contribution >= 0.6 is 0 Å². The van der Waals surface area contributed by atoms with E-state index in [1.807, 2.05) is 0 Å². The van der Waals surface area contributed by atoms with Crippen LogP contribution in [0.4, 0.5) is 0 Å². The van der Waals surface area contributed by atoms with Crippen molar-refractivity contribution in [3.63, 3.8) is 0 Å². The maximum Gasteiger partial charge on any atom is 0.253 e. The van der Waals surface area contributed by atoms with E-state index in [-0.39, 0.29) is 25.7 Å². The van der Waals surface area contributed by atoms with E-state index in [9.17, 15) is 30.0 Å². The molecule has 0 radical (unpaired) electrons. The Hall–Kier alpha value is -1.62. The van der Waals surface area contributed by atoms with Gasteiger partial charge in [-0.15, -0.1) is 0 Å². The molecule has 0 aromatic heterocycles. The zero-order valence-corrected chi connectivity index (χ0v) is 17.7. The number of carbonyl (C=O) groups excluding carboxylic acids is 2. The monoisotopic (exact) mass is 404 g/mol. The van der Waals surface area contributed by atoms with E-state index in [1.54, 1.807) is 27.7 Å². The van der Waals surface area contributed by atoms with Gasteiger partial charge in [-0.3, -0.25) is 19.4 Å². The quantitative estimate of drug-likeness (QED) is 0.279. The molecule has 0 aromatic carbocycles. The first-order valence-electron chi connectivity index (χ1n) is 9.83. The largest absolute Gasteiger partial charge is 0.373 e. The van der Waals surface area contributed by atoms with Gasteiger partial charge in [0.1, 0.15) is 37.0 Å². The third-order valence-corrected chi connectivity index (χ3v) is 4.38. The Kier molecular flexibility index (Phi) is 12.0. The molecule has 2 amide bonds. The smallest absolute Gasteiger partial charge is 0.253 e. The molecule has 0 aliphatic carbocycles. The number of azo groups is 1. The highest BCUT2D eigenvalue weighted by molar-refractivity contribution is 5.83. The normalized spacial score (nSPS) is 18.2. The summed E-state index contributed by atoms with van der Waals surface area (Å²) in [6.45, 7) is 9.58. The molecule has 0 aliphatic rings. The molecular weight excluding hydrogens is 368 g/mol. The molecule has 0 aromatic rings. The van der Waals surface area contributed by atoms with Gasteiger partial charge in [0.05, 0.1) is 0 Å². The number of carbonyl (C=O) groups is 2. The fourth-order valence-electron chi connectivity index (χ4n) is 2.50. The fourth-order valence-corrected chi connectivity index (χ4v) is 2.50. The van der Waals surface area contributed by atoms with Crippen molar-refractivity contribution in [3.8, 4) is 0 Å². The summed E-state index contributed by atoms with van der Waals surface area (Å²) in [6.07, 6.45) is -3.69. The number of aliphatic hydroxyl groups is 4. The predicted octanol–water partition coefficient (Wildman–Crippen LogP) is 0.786. The first-order chi connectivity index (χ1) is 13.1. The van der Waals surface area contributed by atoms with Crippen LogP contribution < -0.4 is 0 Å². The molecule has 0 fully saturated rings. The Morgan fingerprint density at radius 1 is 0.643 bits per heavy atom. The van der Waals surface area contributed by atoms with Crippen LogP contribution in [0.3, 0.4) is 0 Å². The summed E-state index contributed by atoms with van der Waals surface area (Å²) >= 11 is 0. The SMILES string of the molecule is CCC(O)N(C(=O)C(C)N=NC(C)C(=O)N(C(O)CC)C(O)CC)C(O)CC. The molecule has 0 bridgehead atoms. The van der Waals surface area contributed by atoms with Gasteiger partial charge in [-0.1, -0.05) is 27.7 Å². The van der Waals surface area contributed by atoms with Crippen molar-refractivity contribution in [1.29, 1.82) is 0 Å². The highest BCUT2D eigenvalue weighted by atomic mass is 16.3. The van der Waals surface area contributed by atoms with Gasteiger partial charge in [-0.25, -0.2) is 0 Å². The van der Waals surface area contributed by atoms with Crippen molar-refractivity contribution in [2.45, 2.75) is 104 Å². The zero-order chi connectivity index (χ0) is 22.0. The van der Waals surface area contributed by atoms with E-state index in [0.717, 1.165) is 9.80 Å². The summed E-state index contributed by atoms with van der Waals surface area (Å²) < 4.78 is 0. The van der Waals surface area contributed by atoms with Crippen LogP contribution in [0.2, 0.25) is 0 Å². The van der Waals surface area contributed by atoms with Gasteiger partial charge in [0.15, 0.2) is 0 Å². The lowest BCUT2D eigenvalue weighted by Gasteiger charge is -2.33. The lowest BCUT2D eigenvalue weighted by molar-refractivity contribution is -0.164. The summed E-state index contributed by atoms with van der Waals surface area (Å²) in [5.74, 6) is -1.24. The number of hydrogen-bond acceptors (Lipinski definition) is 8. The Morgan fingerprint density at radius 3 is 1.04 bits per heavy atom. The molecule has 0 saturated heterocycles. The minimum atomic E-state index is -1.16. The maximum absolute atomic E-state index is 12.5. The van der Waals surface area contributed by atoms with Crippen LogP contribution in [0.5, 0.6) is 0 Å². The van der Waals surface area contributed by atoms with E-state index in [4.69, 9.17) is 0 Å². The van der Waals surface area contributed by atoms with E-state index >= 15 is 0 Å². The van der Waals surface area contributed by atoms with E-state index in [0.29, 0.717) is 0 Å². The topological polar surface area (TPSA) is 146 Å². The van der Waals surface area contributed by atoms with Crippen LogP contribution in [0.25, 0.3) is 0 Å². The molecule has 0 heterocycles. The number of hydrogen-bond donors (Lipinski definition) is 4. The summed E-state index contributed by atoms with van der Waals surface area (Å²) in [4.78, 5) is 27.0. The summed E-state index contributed by atoms with van der Waals surface area (Å²) in [7, 11) is 0. The number of amides is 2. The van der Waals surface area contributed by atoms with Crippen LogP contribution in [-0.2, 0) is 9.59 Å². The molecule has 0 saturated carbocycles. The minimum absolute atomic E-state index is 0.236. The molecule has 28 heavy (non-hydrogen) atoms. The minimum Gasteiger partial charge on any atom is -0.373 e. The van der Waals surface area contributed by atoms with Crippen LogP contribution in [0.15, 0.2) is 10.2 Å². The van der Waals surface area contributed by atoms with Crippen LogP contribution in [0.1, 0.15) is 67.2 Å². The summed E-state index contributed by atoms with van der Waals surface area (Å²) in [6, 6.07) is -2.06. The molecular formula is C18H36N4O6. The maximum atomic E-state index is 12.5. The molecule has 0 aliphatic heterocycles. The van der Waals surface area contributed by atoms with Crippen molar-refractivity contribution < 1.29 is 30.0 Å². The van der Waals surface area contributed by atoms with Crippen molar-refractivity contribution in [1.82, 2.24) is 9.80 Å². The molecule has 4 N–H and O–H groups in total. The molecule has 0 spiro atoms. The molecule has 164 valence electrons. The molecule has 6 atom stereocenters. The Bertz CT molecular complexity index is 454. The van der Waals surface area contributed by atoms with E-state index in [2.05, 4.69) is 10.2 Å². The Morgan fingerprint density at radius 2 is 0.857 bits per heavy atom. The first kappa shape index (κ1) is 26.4. The standard InChI is InChI=1S/C18H36N4O6/c1-7-13(23)21(14(24)8-2)17(27)11(5)19-20-12(6)18(28)22(15(25)9-3)16(26)10-4/h11-16,23-26H,7-10H2,1-6H3. The molecule has 10 nitrogen and oxygen atoms in total. The van der Waals surface area contributed by atoms with Gasteiger partial charge in [-0.05, 0) is 39.5 Å². The van der Waals surface area contributed by atoms with Gasteiger partial charge in [0.2, 0.25) is 0 Å². The average Bonchev–Trinajstić information content (AvgIpc) is 2.70.